The highest BCUT2D eigenvalue weighted by Gasteiger charge is 2.15. The molecule has 1 aromatic heterocycles. The maximum Gasteiger partial charge on any atom is 0.192 e. The summed E-state index contributed by atoms with van der Waals surface area (Å²) >= 11 is 0. The van der Waals surface area contributed by atoms with E-state index in [1.165, 1.54) is 0 Å². The van der Waals surface area contributed by atoms with Gasteiger partial charge in [-0.25, -0.2) is 4.68 Å². The first-order chi connectivity index (χ1) is 8.27. The average Bonchev–Trinajstić information content (AvgIpc) is 2.82. The van der Waals surface area contributed by atoms with Crippen LogP contribution >= 0.6 is 0 Å². The van der Waals surface area contributed by atoms with Gasteiger partial charge in [-0.15, -0.1) is 5.10 Å². The number of rotatable bonds is 3. The molecule has 0 radical (unpaired) electrons. The molecule has 2 aromatic rings. The van der Waals surface area contributed by atoms with Crippen molar-refractivity contribution < 1.29 is 5.21 Å². The topological polar surface area (TPSA) is 89.3 Å². The number of oxime groups is 1. The number of nitrogens with zero attached hydrogens (tertiary/aromatic N) is 4. The van der Waals surface area contributed by atoms with Gasteiger partial charge in [-0.2, -0.15) is 0 Å². The molecule has 0 fully saturated rings. The number of aromatic nitrogens is 3. The van der Waals surface area contributed by atoms with Crippen LogP contribution in [0.5, 0.6) is 0 Å². The van der Waals surface area contributed by atoms with Crippen molar-refractivity contribution in [2.24, 2.45) is 10.9 Å². The lowest BCUT2D eigenvalue weighted by Crippen LogP contribution is -2.16. The zero-order valence-corrected chi connectivity index (χ0v) is 9.41. The van der Waals surface area contributed by atoms with Crippen molar-refractivity contribution in [3.05, 3.63) is 41.7 Å². The Morgan fingerprint density at radius 3 is 2.71 bits per heavy atom. The molecule has 1 heterocycles. The van der Waals surface area contributed by atoms with E-state index in [0.29, 0.717) is 12.1 Å². The summed E-state index contributed by atoms with van der Waals surface area (Å²) in [6.07, 6.45) is 0.688. The predicted octanol–water partition coefficient (Wildman–Crippen LogP) is 0.924. The van der Waals surface area contributed by atoms with E-state index in [1.807, 2.05) is 37.3 Å². The summed E-state index contributed by atoms with van der Waals surface area (Å²) in [4.78, 5) is 0. The first-order valence-corrected chi connectivity index (χ1v) is 5.25. The van der Waals surface area contributed by atoms with Gasteiger partial charge in [0.05, 0.1) is 11.4 Å². The molecule has 88 valence electrons. The van der Waals surface area contributed by atoms with Gasteiger partial charge in [-0.3, -0.25) is 0 Å². The smallest absolute Gasteiger partial charge is 0.192 e. The highest BCUT2D eigenvalue weighted by atomic mass is 16.4. The quantitative estimate of drug-likeness (QED) is 0.356. The molecule has 0 aliphatic rings. The lowest BCUT2D eigenvalue weighted by atomic mass is 10.2. The fraction of sp³-hybridized carbons (Fsp3) is 0.182. The van der Waals surface area contributed by atoms with Gasteiger partial charge >= 0.3 is 0 Å². The molecule has 0 atom stereocenters. The van der Waals surface area contributed by atoms with Crippen LogP contribution in [0.15, 0.2) is 35.5 Å². The molecule has 0 aliphatic heterocycles. The van der Waals surface area contributed by atoms with Crippen molar-refractivity contribution in [2.75, 3.05) is 0 Å². The molecule has 0 bridgehead atoms. The summed E-state index contributed by atoms with van der Waals surface area (Å²) in [6.45, 7) is 1.96. The zero-order valence-electron chi connectivity index (χ0n) is 9.41. The predicted molar refractivity (Wildman–Crippen MR) is 63.2 cm³/mol. The normalized spacial score (nSPS) is 11.7. The molecular weight excluding hydrogens is 218 g/mol. The van der Waals surface area contributed by atoms with Crippen molar-refractivity contribution in [1.29, 1.82) is 0 Å². The van der Waals surface area contributed by atoms with Crippen molar-refractivity contribution in [3.8, 4) is 5.69 Å². The maximum atomic E-state index is 8.67. The number of benzene rings is 1. The highest BCUT2D eigenvalue weighted by Crippen LogP contribution is 2.13. The highest BCUT2D eigenvalue weighted by molar-refractivity contribution is 5.96. The van der Waals surface area contributed by atoms with Gasteiger partial charge in [0.1, 0.15) is 0 Å². The van der Waals surface area contributed by atoms with Gasteiger partial charge in [-0.05, 0) is 18.6 Å². The van der Waals surface area contributed by atoms with Crippen LogP contribution < -0.4 is 5.73 Å². The maximum absolute atomic E-state index is 8.67. The zero-order chi connectivity index (χ0) is 12.3. The second-order valence-electron chi connectivity index (χ2n) is 3.47. The van der Waals surface area contributed by atoms with Crippen LogP contribution in [0.3, 0.4) is 0 Å². The Balaban J connectivity index is 2.54. The Morgan fingerprint density at radius 2 is 2.12 bits per heavy atom. The molecule has 2 rings (SSSR count). The molecule has 6 nitrogen and oxygen atoms in total. The molecule has 0 saturated carbocycles. The van der Waals surface area contributed by atoms with Gasteiger partial charge in [0.25, 0.3) is 0 Å². The summed E-state index contributed by atoms with van der Waals surface area (Å²) in [7, 11) is 0. The van der Waals surface area contributed by atoms with Crippen LogP contribution in [0.1, 0.15) is 18.3 Å². The minimum Gasteiger partial charge on any atom is -0.409 e. The molecule has 0 aliphatic carbocycles. The Kier molecular flexibility index (Phi) is 3.04. The fourth-order valence-corrected chi connectivity index (χ4v) is 1.64. The van der Waals surface area contributed by atoms with E-state index in [4.69, 9.17) is 10.9 Å². The minimum absolute atomic E-state index is 0.0240. The lowest BCUT2D eigenvalue weighted by Gasteiger charge is -2.04. The third-order valence-corrected chi connectivity index (χ3v) is 2.45. The van der Waals surface area contributed by atoms with E-state index >= 15 is 0 Å². The van der Waals surface area contributed by atoms with Gasteiger partial charge in [0.2, 0.25) is 0 Å². The van der Waals surface area contributed by atoms with Gasteiger partial charge in [0.15, 0.2) is 11.5 Å². The third kappa shape index (κ3) is 1.96. The van der Waals surface area contributed by atoms with Gasteiger partial charge in [-0.1, -0.05) is 35.5 Å². The van der Waals surface area contributed by atoms with Gasteiger partial charge < -0.3 is 10.9 Å². The number of hydrogen-bond acceptors (Lipinski definition) is 4. The molecule has 0 spiro atoms. The van der Waals surface area contributed by atoms with Crippen molar-refractivity contribution in [2.45, 2.75) is 13.3 Å². The van der Waals surface area contributed by atoms with Crippen LogP contribution in [0.25, 0.3) is 5.69 Å². The molecular formula is C11H13N5O. The molecule has 3 N–H and O–H groups in total. The lowest BCUT2D eigenvalue weighted by molar-refractivity contribution is 0.318. The second kappa shape index (κ2) is 4.65. The molecule has 6 heteroatoms. The van der Waals surface area contributed by atoms with Crippen LogP contribution in [0.4, 0.5) is 0 Å². The molecule has 17 heavy (non-hydrogen) atoms. The summed E-state index contributed by atoms with van der Waals surface area (Å²) in [5.41, 5.74) is 7.67. The Bertz CT molecular complexity index is 532. The van der Waals surface area contributed by atoms with Gasteiger partial charge in [0, 0.05) is 0 Å². The molecule has 0 saturated heterocycles. The summed E-state index contributed by atoms with van der Waals surface area (Å²) < 4.78 is 1.69. The van der Waals surface area contributed by atoms with Crippen molar-refractivity contribution >= 4 is 5.84 Å². The molecule has 0 unspecified atom stereocenters. The number of nitrogens with two attached hydrogens (primary N) is 1. The SMILES string of the molecule is CCc1c(C(N)=NO)nnn1-c1ccccc1. The van der Waals surface area contributed by atoms with E-state index in [9.17, 15) is 0 Å². The minimum atomic E-state index is -0.0240. The van der Waals surface area contributed by atoms with E-state index < -0.39 is 0 Å². The number of amidine groups is 1. The average molecular weight is 231 g/mol. The largest absolute Gasteiger partial charge is 0.409 e. The monoisotopic (exact) mass is 231 g/mol. The fourth-order valence-electron chi connectivity index (χ4n) is 1.64. The molecule has 0 amide bonds. The summed E-state index contributed by atoms with van der Waals surface area (Å²) in [5, 5.41) is 19.6. The van der Waals surface area contributed by atoms with Crippen LogP contribution in [-0.4, -0.2) is 26.0 Å². The number of para-hydroxylation sites is 1. The summed E-state index contributed by atoms with van der Waals surface area (Å²) in [5.74, 6) is -0.0240. The Hall–Kier alpha value is -2.37. The Morgan fingerprint density at radius 1 is 1.41 bits per heavy atom. The Labute approximate surface area is 98.4 Å². The first kappa shape index (κ1) is 11.1. The number of hydrogen-bond donors (Lipinski definition) is 2. The standard InChI is InChI=1S/C11H13N5O/c1-2-9-10(11(12)14-17)13-15-16(9)8-6-4-3-5-7-8/h3-7,17H,2H2,1H3,(H2,12,14). The van der Waals surface area contributed by atoms with Crippen molar-refractivity contribution in [3.63, 3.8) is 0 Å². The van der Waals surface area contributed by atoms with E-state index in [-0.39, 0.29) is 5.84 Å². The molecule has 1 aromatic carbocycles. The van der Waals surface area contributed by atoms with E-state index in [1.54, 1.807) is 4.68 Å². The first-order valence-electron chi connectivity index (χ1n) is 5.25. The third-order valence-electron chi connectivity index (χ3n) is 2.45. The second-order valence-corrected chi connectivity index (χ2v) is 3.47. The van der Waals surface area contributed by atoms with Crippen LogP contribution in [0.2, 0.25) is 0 Å². The summed E-state index contributed by atoms with van der Waals surface area (Å²) in [6, 6.07) is 9.60. The van der Waals surface area contributed by atoms with Crippen LogP contribution in [-0.2, 0) is 6.42 Å². The van der Waals surface area contributed by atoms with E-state index in [0.717, 1.165) is 11.4 Å². The van der Waals surface area contributed by atoms with Crippen molar-refractivity contribution in [1.82, 2.24) is 15.0 Å². The van der Waals surface area contributed by atoms with E-state index in [2.05, 4.69) is 15.5 Å². The van der Waals surface area contributed by atoms with Crippen LogP contribution in [0, 0.1) is 0 Å².